The maximum Gasteiger partial charge on any atom is 0.174 e. The second-order valence-corrected chi connectivity index (χ2v) is 9.80. The predicted octanol–water partition coefficient (Wildman–Crippen LogP) is 7.95. The molecule has 1 saturated heterocycles. The van der Waals surface area contributed by atoms with Gasteiger partial charge in [0.1, 0.15) is 17.6 Å². The van der Waals surface area contributed by atoms with Crippen molar-refractivity contribution in [3.05, 3.63) is 106 Å². The zero-order valence-electron chi connectivity index (χ0n) is 18.7. The van der Waals surface area contributed by atoms with Crippen molar-refractivity contribution in [3.63, 3.8) is 0 Å². The fourth-order valence-corrected chi connectivity index (χ4v) is 5.14. The van der Waals surface area contributed by atoms with E-state index >= 15 is 0 Å². The predicted molar refractivity (Wildman–Crippen MR) is 143 cm³/mol. The number of furan rings is 1. The number of rotatable bonds is 5. The molecule has 0 unspecified atom stereocenters. The van der Waals surface area contributed by atoms with Gasteiger partial charge < -0.3 is 14.6 Å². The summed E-state index contributed by atoms with van der Waals surface area (Å²) in [6, 6.07) is 23.3. The Morgan fingerprint density at radius 2 is 1.79 bits per heavy atom. The molecule has 0 amide bonds. The monoisotopic (exact) mass is 507 g/mol. The smallest absolute Gasteiger partial charge is 0.174 e. The van der Waals surface area contributed by atoms with Crippen LogP contribution in [0, 0.1) is 0 Å². The Morgan fingerprint density at radius 1 is 1.00 bits per heavy atom. The Bertz CT molecular complexity index is 1320. The van der Waals surface area contributed by atoms with E-state index in [4.69, 9.17) is 39.8 Å². The first kappa shape index (κ1) is 22.9. The normalized spacial score (nSPS) is 17.9. The van der Waals surface area contributed by atoms with E-state index < -0.39 is 0 Å². The number of halogens is 2. The van der Waals surface area contributed by atoms with Gasteiger partial charge in [-0.05, 0) is 78.3 Å². The van der Waals surface area contributed by atoms with Gasteiger partial charge in [-0.15, -0.1) is 0 Å². The maximum atomic E-state index is 6.45. The van der Waals surface area contributed by atoms with E-state index in [1.54, 1.807) is 18.3 Å². The summed E-state index contributed by atoms with van der Waals surface area (Å²) in [5.41, 5.74) is 3.94. The third-order valence-corrected chi connectivity index (χ3v) is 6.91. The summed E-state index contributed by atoms with van der Waals surface area (Å²) in [5.74, 6) is 1.88. The van der Waals surface area contributed by atoms with Crippen molar-refractivity contribution in [2.45, 2.75) is 31.8 Å². The number of hydrogen-bond donors (Lipinski definition) is 1. The largest absolute Gasteiger partial charge is 0.459 e. The molecule has 34 heavy (non-hydrogen) atoms. The highest BCUT2D eigenvalue weighted by Crippen LogP contribution is 2.43. The van der Waals surface area contributed by atoms with Gasteiger partial charge in [0, 0.05) is 22.5 Å². The average Bonchev–Trinajstić information content (AvgIpc) is 3.44. The lowest BCUT2D eigenvalue weighted by Gasteiger charge is -2.26. The van der Waals surface area contributed by atoms with Crippen molar-refractivity contribution in [2.24, 2.45) is 0 Å². The highest BCUT2D eigenvalue weighted by Gasteiger charge is 2.42. The Kier molecular flexibility index (Phi) is 6.34. The van der Waals surface area contributed by atoms with E-state index in [0.717, 1.165) is 22.7 Å². The minimum absolute atomic E-state index is 0.182. The first-order valence-electron chi connectivity index (χ1n) is 11.1. The van der Waals surface area contributed by atoms with Crippen molar-refractivity contribution in [3.8, 4) is 11.3 Å². The molecule has 3 heterocycles. The molecule has 0 aliphatic carbocycles. The first-order valence-corrected chi connectivity index (χ1v) is 12.2. The lowest BCUT2D eigenvalue weighted by Crippen LogP contribution is -2.29. The standard InChI is InChI=1S/C27H23Cl2N3OS/c1-16(2)17-6-9-19(10-7-17)32-26(25(31-27(32)34)22-5-3-4-14-30-22)24-13-12-23(33-24)20-11-8-18(28)15-21(20)29/h3-16,25-26H,1-2H3,(H,31,34)/t25-,26-/m1/s1. The van der Waals surface area contributed by atoms with E-state index in [1.807, 2.05) is 36.4 Å². The molecule has 2 atom stereocenters. The summed E-state index contributed by atoms with van der Waals surface area (Å²) in [4.78, 5) is 6.70. The van der Waals surface area contributed by atoms with Gasteiger partial charge in [0.25, 0.3) is 0 Å². The lowest BCUT2D eigenvalue weighted by molar-refractivity contribution is 0.439. The van der Waals surface area contributed by atoms with Crippen LogP contribution in [0.2, 0.25) is 10.0 Å². The first-order chi connectivity index (χ1) is 16.4. The second-order valence-electron chi connectivity index (χ2n) is 8.57. The van der Waals surface area contributed by atoms with Crippen LogP contribution in [0.4, 0.5) is 5.69 Å². The number of aromatic nitrogens is 1. The molecule has 5 rings (SSSR count). The average molecular weight is 508 g/mol. The molecule has 0 saturated carbocycles. The van der Waals surface area contributed by atoms with E-state index in [-0.39, 0.29) is 12.1 Å². The van der Waals surface area contributed by atoms with Crippen LogP contribution in [0.3, 0.4) is 0 Å². The summed E-state index contributed by atoms with van der Waals surface area (Å²) < 4.78 is 6.39. The fourth-order valence-electron chi connectivity index (χ4n) is 4.29. The number of nitrogens with one attached hydrogen (secondary N) is 1. The zero-order chi connectivity index (χ0) is 23.8. The van der Waals surface area contributed by atoms with E-state index in [9.17, 15) is 0 Å². The molecule has 7 heteroatoms. The van der Waals surface area contributed by atoms with Crippen molar-refractivity contribution in [1.82, 2.24) is 10.3 Å². The fraction of sp³-hybridized carbons (Fsp3) is 0.185. The summed E-state index contributed by atoms with van der Waals surface area (Å²) >= 11 is 18.3. The van der Waals surface area contributed by atoms with Crippen molar-refractivity contribution >= 4 is 46.2 Å². The maximum absolute atomic E-state index is 6.45. The highest BCUT2D eigenvalue weighted by atomic mass is 35.5. The van der Waals surface area contributed by atoms with Gasteiger partial charge in [-0.3, -0.25) is 4.98 Å². The van der Waals surface area contributed by atoms with Crippen LogP contribution in [-0.2, 0) is 0 Å². The van der Waals surface area contributed by atoms with E-state index in [1.165, 1.54) is 5.56 Å². The van der Waals surface area contributed by atoms with Gasteiger partial charge >= 0.3 is 0 Å². The zero-order valence-corrected chi connectivity index (χ0v) is 21.0. The molecule has 1 fully saturated rings. The van der Waals surface area contributed by atoms with Gasteiger partial charge in [-0.25, -0.2) is 0 Å². The molecule has 4 nitrogen and oxygen atoms in total. The molecule has 2 aromatic heterocycles. The molecule has 0 bridgehead atoms. The lowest BCUT2D eigenvalue weighted by atomic mass is 10.0. The van der Waals surface area contributed by atoms with Crippen molar-refractivity contribution < 1.29 is 4.42 Å². The third kappa shape index (κ3) is 4.31. The van der Waals surface area contributed by atoms with Crippen LogP contribution in [-0.4, -0.2) is 10.1 Å². The van der Waals surface area contributed by atoms with E-state index in [2.05, 4.69) is 53.3 Å². The number of hydrogen-bond acceptors (Lipinski definition) is 3. The van der Waals surface area contributed by atoms with Crippen LogP contribution >= 0.6 is 35.4 Å². The second kappa shape index (κ2) is 9.41. The van der Waals surface area contributed by atoms with Crippen molar-refractivity contribution in [2.75, 3.05) is 4.90 Å². The number of pyridine rings is 1. The summed E-state index contributed by atoms with van der Waals surface area (Å²) in [5, 5.41) is 5.21. The van der Waals surface area contributed by atoms with Gasteiger partial charge in [0.2, 0.25) is 0 Å². The minimum atomic E-state index is -0.230. The summed E-state index contributed by atoms with van der Waals surface area (Å²) in [6.07, 6.45) is 1.79. The topological polar surface area (TPSA) is 41.3 Å². The molecule has 1 N–H and O–H groups in total. The Labute approximate surface area is 214 Å². The van der Waals surface area contributed by atoms with Gasteiger partial charge in [-0.2, -0.15) is 0 Å². The SMILES string of the molecule is CC(C)c1ccc(N2C(=S)N[C@H](c3ccccn3)[C@H]2c2ccc(-c3ccc(Cl)cc3Cl)o2)cc1. The van der Waals surface area contributed by atoms with Gasteiger partial charge in [-0.1, -0.05) is 55.2 Å². The van der Waals surface area contributed by atoms with Crippen LogP contribution < -0.4 is 10.2 Å². The molecule has 1 aliphatic heterocycles. The summed E-state index contributed by atoms with van der Waals surface area (Å²) in [7, 11) is 0. The molecule has 2 aromatic carbocycles. The Hall–Kier alpha value is -2.86. The number of thiocarbonyl (C=S) groups is 1. The number of benzene rings is 2. The molecule has 172 valence electrons. The molecule has 0 radical (unpaired) electrons. The Morgan fingerprint density at radius 3 is 2.47 bits per heavy atom. The molecular weight excluding hydrogens is 485 g/mol. The molecule has 4 aromatic rings. The van der Waals surface area contributed by atoms with Crippen LogP contribution in [0.1, 0.15) is 48.9 Å². The van der Waals surface area contributed by atoms with Gasteiger partial charge in [0.15, 0.2) is 5.11 Å². The molecular formula is C27H23Cl2N3OS. The number of anilines is 1. The van der Waals surface area contributed by atoms with Crippen LogP contribution in [0.5, 0.6) is 0 Å². The quantitative estimate of drug-likeness (QED) is 0.277. The minimum Gasteiger partial charge on any atom is -0.459 e. The Balaban J connectivity index is 1.58. The van der Waals surface area contributed by atoms with Crippen LogP contribution in [0.25, 0.3) is 11.3 Å². The van der Waals surface area contributed by atoms with Crippen LogP contribution in [0.15, 0.2) is 83.4 Å². The van der Waals surface area contributed by atoms with Crippen molar-refractivity contribution in [1.29, 1.82) is 0 Å². The number of nitrogens with zero attached hydrogens (tertiary/aromatic N) is 2. The third-order valence-electron chi connectivity index (χ3n) is 6.05. The summed E-state index contributed by atoms with van der Waals surface area (Å²) in [6.45, 7) is 4.37. The van der Waals surface area contributed by atoms with E-state index in [0.29, 0.717) is 26.8 Å². The molecule has 1 aliphatic rings. The van der Waals surface area contributed by atoms with Gasteiger partial charge in [0.05, 0.1) is 16.8 Å². The molecule has 0 spiro atoms. The highest BCUT2D eigenvalue weighted by molar-refractivity contribution is 7.80.